The van der Waals surface area contributed by atoms with Crippen LogP contribution in [0.4, 0.5) is 4.39 Å². The lowest BCUT2D eigenvalue weighted by Crippen LogP contribution is -2.29. The molecule has 10 heteroatoms. The van der Waals surface area contributed by atoms with E-state index >= 15 is 0 Å². The van der Waals surface area contributed by atoms with Gasteiger partial charge in [-0.2, -0.15) is 4.72 Å². The van der Waals surface area contributed by atoms with E-state index in [1.165, 1.54) is 24.3 Å². The quantitative estimate of drug-likeness (QED) is 0.632. The number of benzene rings is 2. The van der Waals surface area contributed by atoms with Gasteiger partial charge in [-0.05, 0) is 29.8 Å². The van der Waals surface area contributed by atoms with Crippen molar-refractivity contribution in [2.75, 3.05) is 6.54 Å². The van der Waals surface area contributed by atoms with E-state index in [4.69, 9.17) is 5.11 Å². The molecule has 0 atom stereocenters. The van der Waals surface area contributed by atoms with Gasteiger partial charge in [0.2, 0.25) is 10.0 Å². The smallest absolute Gasteiger partial charge is 0.318 e. The van der Waals surface area contributed by atoms with Crippen LogP contribution in [0.2, 0.25) is 0 Å². The molecule has 1 aromatic heterocycles. The fourth-order valence-corrected chi connectivity index (χ4v) is 3.30. The van der Waals surface area contributed by atoms with Crippen LogP contribution in [-0.2, 0) is 21.4 Å². The van der Waals surface area contributed by atoms with Gasteiger partial charge in [0.1, 0.15) is 18.1 Å². The van der Waals surface area contributed by atoms with Crippen molar-refractivity contribution in [1.82, 2.24) is 19.7 Å². The maximum atomic E-state index is 12.9. The molecule has 0 aliphatic rings. The third-order valence-electron chi connectivity index (χ3n) is 3.67. The first-order chi connectivity index (χ1) is 12.8. The number of nitrogens with zero attached hydrogens (tertiary/aromatic N) is 3. The number of aromatic nitrogens is 3. The molecule has 0 unspecified atom stereocenters. The van der Waals surface area contributed by atoms with Crippen molar-refractivity contribution < 1.29 is 22.7 Å². The second-order valence-electron chi connectivity index (χ2n) is 5.67. The maximum Gasteiger partial charge on any atom is 0.318 e. The molecule has 0 aliphatic heterocycles. The van der Waals surface area contributed by atoms with Crippen molar-refractivity contribution in [1.29, 1.82) is 0 Å². The maximum absolute atomic E-state index is 12.9. The Kier molecular flexibility index (Phi) is 5.28. The van der Waals surface area contributed by atoms with Gasteiger partial charge in [0, 0.05) is 5.56 Å². The SMILES string of the molecule is O=C(O)CNS(=O)(=O)c1ccc(-c2cn(Cc3ccc(F)cc3)nn2)cc1. The highest BCUT2D eigenvalue weighted by atomic mass is 32.2. The number of hydrogen-bond donors (Lipinski definition) is 2. The highest BCUT2D eigenvalue weighted by Gasteiger charge is 2.15. The van der Waals surface area contributed by atoms with Gasteiger partial charge in [-0.3, -0.25) is 4.79 Å². The summed E-state index contributed by atoms with van der Waals surface area (Å²) in [4.78, 5) is 10.5. The highest BCUT2D eigenvalue weighted by molar-refractivity contribution is 7.89. The van der Waals surface area contributed by atoms with Crippen LogP contribution in [0.25, 0.3) is 11.3 Å². The van der Waals surface area contributed by atoms with Crippen LogP contribution in [0.15, 0.2) is 59.6 Å². The Morgan fingerprint density at radius 1 is 1.11 bits per heavy atom. The summed E-state index contributed by atoms with van der Waals surface area (Å²) in [5, 5.41) is 16.6. The lowest BCUT2D eigenvalue weighted by Gasteiger charge is -2.05. The summed E-state index contributed by atoms with van der Waals surface area (Å²) in [5.74, 6) is -1.58. The number of carboxylic acids is 1. The van der Waals surface area contributed by atoms with Gasteiger partial charge in [-0.15, -0.1) is 5.10 Å². The summed E-state index contributed by atoms with van der Waals surface area (Å²) in [6.07, 6.45) is 1.69. The minimum Gasteiger partial charge on any atom is -0.480 e. The van der Waals surface area contributed by atoms with Gasteiger partial charge in [-0.1, -0.05) is 29.5 Å². The molecule has 0 fully saturated rings. The second-order valence-corrected chi connectivity index (χ2v) is 7.44. The molecule has 3 rings (SSSR count). The van der Waals surface area contributed by atoms with Crippen LogP contribution < -0.4 is 4.72 Å². The van der Waals surface area contributed by atoms with Crippen molar-refractivity contribution in [2.24, 2.45) is 0 Å². The lowest BCUT2D eigenvalue weighted by atomic mass is 10.2. The standard InChI is InChI=1S/C17H15FN4O4S/c18-14-5-1-12(2-6-14)10-22-11-16(20-21-22)13-3-7-15(8-4-13)27(25,26)19-9-17(23)24/h1-8,11,19H,9-10H2,(H,23,24). The van der Waals surface area contributed by atoms with E-state index in [0.29, 0.717) is 17.8 Å². The van der Waals surface area contributed by atoms with E-state index in [-0.39, 0.29) is 10.7 Å². The van der Waals surface area contributed by atoms with Crippen molar-refractivity contribution in [3.05, 3.63) is 66.1 Å². The fourth-order valence-electron chi connectivity index (χ4n) is 2.33. The van der Waals surface area contributed by atoms with Gasteiger partial charge >= 0.3 is 5.97 Å². The van der Waals surface area contributed by atoms with Crippen LogP contribution >= 0.6 is 0 Å². The number of sulfonamides is 1. The number of hydrogen-bond acceptors (Lipinski definition) is 5. The molecule has 0 bridgehead atoms. The average Bonchev–Trinajstić information content (AvgIpc) is 3.11. The molecule has 0 saturated heterocycles. The monoisotopic (exact) mass is 390 g/mol. The first-order valence-corrected chi connectivity index (χ1v) is 9.28. The van der Waals surface area contributed by atoms with Gasteiger partial charge in [-0.25, -0.2) is 17.5 Å². The summed E-state index contributed by atoms with van der Waals surface area (Å²) in [6, 6.07) is 11.9. The van der Waals surface area contributed by atoms with E-state index in [9.17, 15) is 17.6 Å². The molecule has 0 saturated carbocycles. The van der Waals surface area contributed by atoms with Gasteiger partial charge in [0.05, 0.1) is 17.6 Å². The van der Waals surface area contributed by atoms with Crippen molar-refractivity contribution in [3.8, 4) is 11.3 Å². The van der Waals surface area contributed by atoms with Crippen LogP contribution in [-0.4, -0.2) is 41.0 Å². The molecule has 2 aromatic carbocycles. The normalized spacial score (nSPS) is 11.4. The number of nitrogens with one attached hydrogen (secondary N) is 1. The summed E-state index contributed by atoms with van der Waals surface area (Å²) < 4.78 is 40.5. The molecule has 3 aromatic rings. The number of carboxylic acid groups (broad SMARTS) is 1. The number of rotatable bonds is 7. The molecule has 0 spiro atoms. The van der Waals surface area contributed by atoms with Gasteiger partial charge < -0.3 is 5.11 Å². The van der Waals surface area contributed by atoms with Gasteiger partial charge in [0.25, 0.3) is 0 Å². The summed E-state index contributed by atoms with van der Waals surface area (Å²) in [6.45, 7) is -0.277. The molecule has 27 heavy (non-hydrogen) atoms. The fraction of sp³-hybridized carbons (Fsp3) is 0.118. The molecule has 0 radical (unpaired) electrons. The summed E-state index contributed by atoms with van der Waals surface area (Å²) in [7, 11) is -3.90. The zero-order valence-corrected chi connectivity index (χ0v) is 14.7. The predicted molar refractivity (Wildman–Crippen MR) is 93.8 cm³/mol. The second kappa shape index (κ2) is 7.64. The molecule has 0 amide bonds. The third kappa shape index (κ3) is 4.74. The Morgan fingerprint density at radius 3 is 2.41 bits per heavy atom. The van der Waals surface area contributed by atoms with Crippen LogP contribution in [0.5, 0.6) is 0 Å². The number of halogens is 1. The largest absolute Gasteiger partial charge is 0.480 e. The molecule has 140 valence electrons. The van der Waals surface area contributed by atoms with E-state index < -0.39 is 22.5 Å². The topological polar surface area (TPSA) is 114 Å². The van der Waals surface area contributed by atoms with E-state index in [0.717, 1.165) is 5.56 Å². The molecule has 8 nitrogen and oxygen atoms in total. The summed E-state index contributed by atoms with van der Waals surface area (Å²) in [5.41, 5.74) is 2.05. The minimum atomic E-state index is -3.90. The first-order valence-electron chi connectivity index (χ1n) is 7.80. The zero-order valence-electron chi connectivity index (χ0n) is 13.9. The minimum absolute atomic E-state index is 0.0498. The lowest BCUT2D eigenvalue weighted by molar-refractivity contribution is -0.135. The Balaban J connectivity index is 1.73. The van der Waals surface area contributed by atoms with Crippen molar-refractivity contribution in [3.63, 3.8) is 0 Å². The molecule has 0 aliphatic carbocycles. The predicted octanol–water partition coefficient (Wildman–Crippen LogP) is 1.50. The van der Waals surface area contributed by atoms with E-state index in [1.807, 2.05) is 4.72 Å². The Bertz CT molecular complexity index is 1050. The third-order valence-corrected chi connectivity index (χ3v) is 5.09. The average molecular weight is 390 g/mol. The zero-order chi connectivity index (χ0) is 19.4. The molecule has 2 N–H and O–H groups in total. The Morgan fingerprint density at radius 2 is 1.78 bits per heavy atom. The van der Waals surface area contributed by atoms with E-state index in [2.05, 4.69) is 10.3 Å². The Labute approximate surface area is 154 Å². The van der Waals surface area contributed by atoms with Crippen LogP contribution in [0.3, 0.4) is 0 Å². The van der Waals surface area contributed by atoms with Gasteiger partial charge in [0.15, 0.2) is 0 Å². The van der Waals surface area contributed by atoms with Crippen LogP contribution in [0, 0.1) is 5.82 Å². The molecular formula is C17H15FN4O4S. The van der Waals surface area contributed by atoms with Crippen molar-refractivity contribution >= 4 is 16.0 Å². The van der Waals surface area contributed by atoms with E-state index in [1.54, 1.807) is 35.1 Å². The summed E-state index contributed by atoms with van der Waals surface area (Å²) >= 11 is 0. The first kappa shape index (κ1) is 18.7. The molecule has 1 heterocycles. The Hall–Kier alpha value is -3.11. The highest BCUT2D eigenvalue weighted by Crippen LogP contribution is 2.19. The molecular weight excluding hydrogens is 375 g/mol. The van der Waals surface area contributed by atoms with Crippen molar-refractivity contribution in [2.45, 2.75) is 11.4 Å². The number of aliphatic carboxylic acids is 1. The number of carbonyl (C=O) groups is 1. The van der Waals surface area contributed by atoms with Crippen LogP contribution in [0.1, 0.15) is 5.56 Å².